The first-order chi connectivity index (χ1) is 20.9. The van der Waals surface area contributed by atoms with Crippen LogP contribution >= 0.6 is 11.3 Å². The molecule has 0 spiro atoms. The summed E-state index contributed by atoms with van der Waals surface area (Å²) < 4.78 is 2.56. The summed E-state index contributed by atoms with van der Waals surface area (Å²) in [7, 11) is 0. The summed E-state index contributed by atoms with van der Waals surface area (Å²) in [5, 5.41) is 2.57. The summed E-state index contributed by atoms with van der Waals surface area (Å²) in [6.45, 7) is 8.63. The van der Waals surface area contributed by atoms with Crippen molar-refractivity contribution in [2.45, 2.75) is 27.7 Å². The largest absolute Gasteiger partial charge is 0.310 e. The molecule has 3 heteroatoms. The quantitative estimate of drug-likeness (QED) is 0.195. The van der Waals surface area contributed by atoms with Crippen molar-refractivity contribution in [2.24, 2.45) is 0 Å². The van der Waals surface area contributed by atoms with E-state index < -0.39 is 0 Å². The van der Waals surface area contributed by atoms with Gasteiger partial charge < -0.3 is 9.80 Å². The molecular weight excluding hydrogens is 541 g/mol. The van der Waals surface area contributed by atoms with Crippen molar-refractivity contribution >= 4 is 65.6 Å². The summed E-state index contributed by atoms with van der Waals surface area (Å²) in [5.74, 6) is 0. The molecule has 1 heterocycles. The number of anilines is 6. The molecule has 0 amide bonds. The zero-order valence-electron chi connectivity index (χ0n) is 25.0. The van der Waals surface area contributed by atoms with Crippen LogP contribution in [0.3, 0.4) is 0 Å². The number of hydrogen-bond donors (Lipinski definition) is 0. The van der Waals surface area contributed by atoms with Gasteiger partial charge in [-0.25, -0.2) is 0 Å². The highest BCUT2D eigenvalue weighted by Gasteiger charge is 2.20. The van der Waals surface area contributed by atoms with E-state index in [0.29, 0.717) is 0 Å². The SMILES string of the molecule is Cc1cccc(N(c2cccc(C)c2)c2ccc3c(c2)sc2c(N(c4cccc(C)c4)c4cccc(C)c4)cccc23)c1. The number of thiophene rings is 1. The third kappa shape index (κ3) is 5.17. The number of fused-ring (bicyclic) bond motifs is 3. The van der Waals surface area contributed by atoms with Gasteiger partial charge in [0.1, 0.15) is 0 Å². The molecule has 0 unspecified atom stereocenters. The molecule has 0 bridgehead atoms. The van der Waals surface area contributed by atoms with Gasteiger partial charge in [0.2, 0.25) is 0 Å². The minimum absolute atomic E-state index is 1.16. The van der Waals surface area contributed by atoms with Crippen molar-refractivity contribution in [3.05, 3.63) is 156 Å². The maximum atomic E-state index is 2.41. The lowest BCUT2D eigenvalue weighted by atomic mass is 10.1. The number of benzene rings is 6. The van der Waals surface area contributed by atoms with Crippen molar-refractivity contribution in [3.8, 4) is 0 Å². The van der Waals surface area contributed by atoms with E-state index in [1.54, 1.807) is 0 Å². The zero-order valence-corrected chi connectivity index (χ0v) is 25.8. The molecule has 1 aromatic heterocycles. The van der Waals surface area contributed by atoms with Crippen LogP contribution in [0.4, 0.5) is 34.1 Å². The highest BCUT2D eigenvalue weighted by molar-refractivity contribution is 7.26. The molecule has 0 radical (unpaired) electrons. The summed E-state index contributed by atoms with van der Waals surface area (Å²) >= 11 is 1.87. The Balaban J connectivity index is 1.43. The van der Waals surface area contributed by atoms with E-state index in [9.17, 15) is 0 Å². The van der Waals surface area contributed by atoms with Gasteiger partial charge in [0.25, 0.3) is 0 Å². The molecule has 0 N–H and O–H groups in total. The maximum Gasteiger partial charge on any atom is 0.0640 e. The normalized spacial score (nSPS) is 11.3. The van der Waals surface area contributed by atoms with Crippen molar-refractivity contribution in [1.82, 2.24) is 0 Å². The summed E-state index contributed by atoms with van der Waals surface area (Å²) in [4.78, 5) is 4.78. The third-order valence-electron chi connectivity index (χ3n) is 8.00. The highest BCUT2D eigenvalue weighted by Crippen LogP contribution is 2.46. The lowest BCUT2D eigenvalue weighted by molar-refractivity contribution is 1.27. The Hall–Kier alpha value is -4.86. The molecule has 7 rings (SSSR count). The van der Waals surface area contributed by atoms with Gasteiger partial charge in [-0.05, 0) is 117 Å². The Labute approximate surface area is 258 Å². The average Bonchev–Trinajstić information content (AvgIpc) is 3.37. The van der Waals surface area contributed by atoms with Crippen molar-refractivity contribution < 1.29 is 0 Å². The lowest BCUT2D eigenvalue weighted by Crippen LogP contribution is -2.10. The molecule has 0 aliphatic carbocycles. The van der Waals surface area contributed by atoms with Crippen LogP contribution in [0.25, 0.3) is 20.2 Å². The van der Waals surface area contributed by atoms with E-state index in [2.05, 4.69) is 171 Å². The fourth-order valence-corrected chi connectivity index (χ4v) is 7.27. The van der Waals surface area contributed by atoms with E-state index in [0.717, 1.165) is 17.1 Å². The van der Waals surface area contributed by atoms with Gasteiger partial charge in [0.05, 0.1) is 10.4 Å². The molecule has 0 fully saturated rings. The van der Waals surface area contributed by atoms with Crippen LogP contribution < -0.4 is 9.80 Å². The average molecular weight is 575 g/mol. The number of rotatable bonds is 6. The molecule has 43 heavy (non-hydrogen) atoms. The second kappa shape index (κ2) is 11.1. The summed E-state index contributed by atoms with van der Waals surface area (Å²) in [6.07, 6.45) is 0. The van der Waals surface area contributed by atoms with Gasteiger partial charge >= 0.3 is 0 Å². The predicted octanol–water partition coefficient (Wildman–Crippen LogP) is 12.2. The molecule has 0 saturated heterocycles. The standard InChI is InChI=1S/C40H34N2S/c1-27-10-5-14-31(22-27)41(32-15-6-11-28(2)23-32)35-20-21-36-37-18-9-19-38(40(37)43-39(36)26-35)42(33-16-7-12-29(3)24-33)34-17-8-13-30(4)25-34/h5-26H,1-4H3. The number of hydrogen-bond acceptors (Lipinski definition) is 3. The Bertz CT molecular complexity index is 2010. The Morgan fingerprint density at radius 3 is 1.33 bits per heavy atom. The van der Waals surface area contributed by atoms with E-state index in [-0.39, 0.29) is 0 Å². The second-order valence-corrected chi connectivity index (χ2v) is 12.5. The van der Waals surface area contributed by atoms with Gasteiger partial charge in [0, 0.05) is 43.9 Å². The van der Waals surface area contributed by atoms with Crippen LogP contribution in [-0.4, -0.2) is 0 Å². The summed E-state index contributed by atoms with van der Waals surface area (Å²) in [6, 6.07) is 48.7. The first-order valence-corrected chi connectivity index (χ1v) is 15.6. The summed E-state index contributed by atoms with van der Waals surface area (Å²) in [5.41, 5.74) is 12.0. The highest BCUT2D eigenvalue weighted by atomic mass is 32.1. The monoisotopic (exact) mass is 574 g/mol. The Morgan fingerprint density at radius 2 is 0.837 bits per heavy atom. The van der Waals surface area contributed by atoms with Crippen molar-refractivity contribution in [1.29, 1.82) is 0 Å². The van der Waals surface area contributed by atoms with Crippen molar-refractivity contribution in [2.75, 3.05) is 9.80 Å². The molecule has 6 aromatic carbocycles. The molecular formula is C40H34N2S. The van der Waals surface area contributed by atoms with Gasteiger partial charge in [-0.15, -0.1) is 11.3 Å². The first kappa shape index (κ1) is 27.0. The lowest BCUT2D eigenvalue weighted by Gasteiger charge is -2.26. The van der Waals surface area contributed by atoms with Crippen LogP contribution in [-0.2, 0) is 0 Å². The van der Waals surface area contributed by atoms with Gasteiger partial charge in [0.15, 0.2) is 0 Å². The molecule has 0 aliphatic rings. The third-order valence-corrected chi connectivity index (χ3v) is 9.19. The van der Waals surface area contributed by atoms with Crippen LogP contribution in [0.2, 0.25) is 0 Å². The van der Waals surface area contributed by atoms with E-state index in [1.165, 1.54) is 59.5 Å². The second-order valence-electron chi connectivity index (χ2n) is 11.5. The van der Waals surface area contributed by atoms with Crippen LogP contribution in [0.15, 0.2) is 133 Å². The first-order valence-electron chi connectivity index (χ1n) is 14.8. The van der Waals surface area contributed by atoms with Gasteiger partial charge in [-0.2, -0.15) is 0 Å². The van der Waals surface area contributed by atoms with Crippen LogP contribution in [0, 0.1) is 27.7 Å². The minimum Gasteiger partial charge on any atom is -0.310 e. The van der Waals surface area contributed by atoms with E-state index in [4.69, 9.17) is 0 Å². The van der Waals surface area contributed by atoms with E-state index >= 15 is 0 Å². The Kier molecular flexibility index (Phi) is 6.96. The smallest absolute Gasteiger partial charge is 0.0640 e. The molecule has 7 aromatic rings. The fraction of sp³-hybridized carbons (Fsp3) is 0.100. The van der Waals surface area contributed by atoms with E-state index in [1.807, 2.05) is 11.3 Å². The minimum atomic E-state index is 1.16. The Morgan fingerprint density at radius 1 is 0.395 bits per heavy atom. The molecule has 0 atom stereocenters. The zero-order chi connectivity index (χ0) is 29.5. The van der Waals surface area contributed by atoms with Gasteiger partial charge in [-0.1, -0.05) is 66.7 Å². The predicted molar refractivity (Wildman–Crippen MR) is 188 cm³/mol. The van der Waals surface area contributed by atoms with Gasteiger partial charge in [-0.3, -0.25) is 0 Å². The molecule has 0 aliphatic heterocycles. The van der Waals surface area contributed by atoms with Crippen LogP contribution in [0.5, 0.6) is 0 Å². The fourth-order valence-electron chi connectivity index (χ4n) is 6.03. The topological polar surface area (TPSA) is 6.48 Å². The number of nitrogens with zero attached hydrogens (tertiary/aromatic N) is 2. The van der Waals surface area contributed by atoms with Crippen molar-refractivity contribution in [3.63, 3.8) is 0 Å². The molecule has 210 valence electrons. The molecule has 2 nitrogen and oxygen atoms in total. The number of aryl methyl sites for hydroxylation is 4. The molecule has 0 saturated carbocycles. The van der Waals surface area contributed by atoms with Crippen LogP contribution in [0.1, 0.15) is 22.3 Å². The maximum absolute atomic E-state index is 2.41.